The molecule has 0 N–H and O–H groups in total. The number of phosphoric ester groups is 1. The Morgan fingerprint density at radius 1 is 0.537 bits per heavy atom. The molecule has 6 rings (SSSR count). The second-order valence-electron chi connectivity index (χ2n) is 10.7. The van der Waals surface area contributed by atoms with Gasteiger partial charge < -0.3 is 14.2 Å². The van der Waals surface area contributed by atoms with E-state index in [1.807, 2.05) is 0 Å². The molecule has 0 bridgehead atoms. The number of esters is 3. The van der Waals surface area contributed by atoms with E-state index < -0.39 is 43.1 Å². The Hall–Kier alpha value is -3.82. The van der Waals surface area contributed by atoms with Crippen LogP contribution >= 0.6 is 7.82 Å². The van der Waals surface area contributed by atoms with Crippen molar-refractivity contribution in [1.29, 1.82) is 0 Å². The van der Waals surface area contributed by atoms with Gasteiger partial charge in [-0.05, 0) is 37.5 Å². The zero-order valence-electron chi connectivity index (χ0n) is 23.2. The van der Waals surface area contributed by atoms with Crippen molar-refractivity contribution in [3.05, 3.63) is 105 Å². The number of fused-ring (bicyclic) bond motifs is 3. The maximum atomic E-state index is 14.9. The molecule has 11 heteroatoms. The highest BCUT2D eigenvalue weighted by atomic mass is 31.2. The summed E-state index contributed by atoms with van der Waals surface area (Å²) in [6.45, 7) is 9.39. The molecule has 3 aliphatic rings. The SMILES string of the molecule is Cc1cccc2c1C(=O)OC2(C)OP(=O)(OC1(C)OC(=O)c2c(C)cccc21)OC1(C)OC(=O)c2c(C)cccc21. The van der Waals surface area contributed by atoms with E-state index in [4.69, 9.17) is 27.8 Å². The molecule has 3 atom stereocenters. The van der Waals surface area contributed by atoms with Gasteiger partial charge in [-0.25, -0.2) is 32.5 Å². The number of carbonyl (C=O) groups is 3. The monoisotopic (exact) mass is 578 g/mol. The summed E-state index contributed by atoms with van der Waals surface area (Å²) in [6, 6.07) is 15.1. The summed E-state index contributed by atoms with van der Waals surface area (Å²) in [5.74, 6) is -7.87. The lowest BCUT2D eigenvalue weighted by molar-refractivity contribution is -0.210. The van der Waals surface area contributed by atoms with Gasteiger partial charge in [-0.3, -0.25) is 0 Å². The number of hydrogen-bond acceptors (Lipinski definition) is 10. The molecular formula is C30H27O10P. The highest BCUT2D eigenvalue weighted by Gasteiger charge is 2.59. The number of carbonyl (C=O) groups excluding carboxylic acids is 3. The van der Waals surface area contributed by atoms with Crippen LogP contribution in [0.4, 0.5) is 0 Å². The Bertz CT molecular complexity index is 1530. The van der Waals surface area contributed by atoms with Crippen molar-refractivity contribution >= 4 is 25.7 Å². The Morgan fingerprint density at radius 2 is 0.805 bits per heavy atom. The van der Waals surface area contributed by atoms with Crippen molar-refractivity contribution in [2.24, 2.45) is 0 Å². The zero-order valence-corrected chi connectivity index (χ0v) is 24.1. The quantitative estimate of drug-likeness (QED) is 0.190. The predicted octanol–water partition coefficient (Wildman–Crippen LogP) is 6.20. The van der Waals surface area contributed by atoms with Crippen LogP contribution in [0.5, 0.6) is 0 Å². The first-order chi connectivity index (χ1) is 19.2. The van der Waals surface area contributed by atoms with Crippen LogP contribution in [0, 0.1) is 20.8 Å². The third kappa shape index (κ3) is 4.13. The third-order valence-electron chi connectivity index (χ3n) is 7.62. The largest absolute Gasteiger partial charge is 0.485 e. The second kappa shape index (κ2) is 8.84. The molecule has 0 aromatic heterocycles. The van der Waals surface area contributed by atoms with Gasteiger partial charge in [0.2, 0.25) is 17.4 Å². The lowest BCUT2D eigenvalue weighted by Crippen LogP contribution is -2.34. The summed E-state index contributed by atoms with van der Waals surface area (Å²) in [6.07, 6.45) is 0. The first-order valence-corrected chi connectivity index (χ1v) is 14.4. The van der Waals surface area contributed by atoms with Gasteiger partial charge >= 0.3 is 25.7 Å². The van der Waals surface area contributed by atoms with Crippen LogP contribution in [-0.4, -0.2) is 17.9 Å². The van der Waals surface area contributed by atoms with Crippen LogP contribution in [0.2, 0.25) is 0 Å². The summed E-state index contributed by atoms with van der Waals surface area (Å²) in [4.78, 5) is 38.6. The highest BCUT2D eigenvalue weighted by molar-refractivity contribution is 7.48. The number of ether oxygens (including phenoxy) is 3. The molecule has 3 aromatic rings. The Balaban J connectivity index is 1.47. The molecule has 3 aliphatic heterocycles. The highest BCUT2D eigenvalue weighted by Crippen LogP contribution is 2.65. The van der Waals surface area contributed by atoms with E-state index in [0.717, 1.165) is 0 Å². The smallest absolute Gasteiger partial charge is 0.425 e. The van der Waals surface area contributed by atoms with Crippen molar-refractivity contribution < 1.29 is 46.7 Å². The number of benzene rings is 3. The van der Waals surface area contributed by atoms with E-state index in [1.165, 1.54) is 20.8 Å². The Kier molecular flexibility index (Phi) is 5.90. The molecule has 0 amide bonds. The lowest BCUT2D eigenvalue weighted by atomic mass is 9.99. The van der Waals surface area contributed by atoms with Crippen molar-refractivity contribution in [2.75, 3.05) is 0 Å². The first-order valence-electron chi connectivity index (χ1n) is 12.9. The fraction of sp³-hybridized carbons (Fsp3) is 0.300. The van der Waals surface area contributed by atoms with Gasteiger partial charge in [-0.2, -0.15) is 0 Å². The minimum absolute atomic E-state index is 0.250. The van der Waals surface area contributed by atoms with Crippen LogP contribution < -0.4 is 0 Å². The fourth-order valence-electron chi connectivity index (χ4n) is 5.70. The van der Waals surface area contributed by atoms with Gasteiger partial charge in [-0.15, -0.1) is 0 Å². The van der Waals surface area contributed by atoms with Gasteiger partial charge in [0, 0.05) is 37.5 Å². The number of aryl methyl sites for hydroxylation is 3. The average molecular weight is 579 g/mol. The summed E-state index contributed by atoms with van der Waals surface area (Å²) < 4.78 is 49.8. The number of rotatable bonds is 6. The van der Waals surface area contributed by atoms with E-state index in [-0.39, 0.29) is 16.7 Å². The van der Waals surface area contributed by atoms with Crippen molar-refractivity contribution in [1.82, 2.24) is 0 Å². The van der Waals surface area contributed by atoms with Gasteiger partial charge in [-0.1, -0.05) is 54.6 Å². The summed E-state index contributed by atoms with van der Waals surface area (Å²) in [5, 5.41) is 0. The van der Waals surface area contributed by atoms with Gasteiger partial charge in [0.25, 0.3) is 0 Å². The van der Waals surface area contributed by atoms with E-state index >= 15 is 0 Å². The van der Waals surface area contributed by atoms with Crippen LogP contribution in [0.25, 0.3) is 0 Å². The number of phosphoric acid groups is 1. The van der Waals surface area contributed by atoms with Gasteiger partial charge in [0.15, 0.2) is 0 Å². The Labute approximate surface area is 236 Å². The molecule has 3 aromatic carbocycles. The van der Waals surface area contributed by atoms with E-state index in [0.29, 0.717) is 33.4 Å². The normalized spacial score (nSPS) is 27.4. The van der Waals surface area contributed by atoms with Gasteiger partial charge in [0.1, 0.15) is 0 Å². The van der Waals surface area contributed by atoms with E-state index in [2.05, 4.69) is 0 Å². The molecule has 41 heavy (non-hydrogen) atoms. The van der Waals surface area contributed by atoms with Crippen LogP contribution in [0.3, 0.4) is 0 Å². The third-order valence-corrected chi connectivity index (χ3v) is 9.33. The maximum absolute atomic E-state index is 14.9. The minimum atomic E-state index is -4.99. The molecule has 0 saturated heterocycles. The standard InChI is InChI=1S/C30H27O10P/c1-16-10-7-13-19-22(16)25(31)35-28(19,4)38-41(34,39-29(5)20-14-8-11-17(2)23(20)26(32)36-29)40-30(6)21-15-9-12-18(3)24(21)27(33)37-30/h7-15H,1-6H3. The molecule has 0 radical (unpaired) electrons. The van der Waals surface area contributed by atoms with E-state index in [9.17, 15) is 18.9 Å². The number of cyclic esters (lactones) is 3. The van der Waals surface area contributed by atoms with Crippen LogP contribution in [0.15, 0.2) is 54.6 Å². The molecule has 10 nitrogen and oxygen atoms in total. The van der Waals surface area contributed by atoms with Crippen molar-refractivity contribution in [3.8, 4) is 0 Å². The fourth-order valence-corrected chi connectivity index (χ4v) is 7.50. The molecular weight excluding hydrogens is 551 g/mol. The molecule has 3 heterocycles. The zero-order chi connectivity index (χ0) is 29.5. The van der Waals surface area contributed by atoms with Crippen LogP contribution in [-0.2, 0) is 49.7 Å². The summed E-state index contributed by atoms with van der Waals surface area (Å²) in [7, 11) is -4.99. The number of hydrogen-bond donors (Lipinski definition) is 0. The molecule has 3 unspecified atom stereocenters. The summed E-state index contributed by atoms with van der Waals surface area (Å²) >= 11 is 0. The molecule has 0 saturated carbocycles. The topological polar surface area (TPSA) is 124 Å². The minimum Gasteiger partial charge on any atom is -0.425 e. The second-order valence-corrected chi connectivity index (χ2v) is 12.2. The van der Waals surface area contributed by atoms with Crippen molar-refractivity contribution in [2.45, 2.75) is 58.9 Å². The van der Waals surface area contributed by atoms with Crippen LogP contribution in [0.1, 0.15) is 85.2 Å². The average Bonchev–Trinajstić information content (AvgIpc) is 3.38. The predicted molar refractivity (Wildman–Crippen MR) is 143 cm³/mol. The summed E-state index contributed by atoms with van der Waals surface area (Å²) in [5.41, 5.74) is 3.51. The first kappa shape index (κ1) is 27.4. The van der Waals surface area contributed by atoms with Crippen molar-refractivity contribution in [3.63, 3.8) is 0 Å². The molecule has 0 fully saturated rings. The molecule has 0 aliphatic carbocycles. The lowest BCUT2D eigenvalue weighted by Gasteiger charge is -2.36. The maximum Gasteiger partial charge on any atom is 0.485 e. The molecule has 212 valence electrons. The van der Waals surface area contributed by atoms with E-state index in [1.54, 1.807) is 75.4 Å². The van der Waals surface area contributed by atoms with Gasteiger partial charge in [0.05, 0.1) is 16.7 Å². The Morgan fingerprint density at radius 3 is 1.07 bits per heavy atom. The molecule has 0 spiro atoms.